The number of likely N-dealkylation sites (N-methyl/N-ethyl adjacent to an activating group) is 1. The van der Waals surface area contributed by atoms with Gasteiger partial charge in [-0.05, 0) is 23.9 Å². The van der Waals surface area contributed by atoms with Crippen LogP contribution < -0.4 is 0 Å². The number of benzene rings is 2. The summed E-state index contributed by atoms with van der Waals surface area (Å²) in [6.07, 6.45) is 0. The van der Waals surface area contributed by atoms with Crippen LogP contribution >= 0.6 is 0 Å². The Bertz CT molecular complexity index is 580. The summed E-state index contributed by atoms with van der Waals surface area (Å²) in [6, 6.07) is 11.2. The minimum absolute atomic E-state index is 0.0529. The quantitative estimate of drug-likeness (QED) is 0.865. The molecule has 0 aliphatic rings. The average Bonchev–Trinajstić information content (AvgIpc) is 2.32. The third-order valence-electron chi connectivity index (χ3n) is 2.85. The third-order valence-corrected chi connectivity index (χ3v) is 2.85. The van der Waals surface area contributed by atoms with Crippen LogP contribution in [0.1, 0.15) is 5.56 Å². The van der Waals surface area contributed by atoms with Crippen LogP contribution in [0.3, 0.4) is 0 Å². The molecule has 2 rings (SSSR count). The van der Waals surface area contributed by atoms with Gasteiger partial charge >= 0.3 is 5.97 Å². The molecule has 2 N–H and O–H groups in total. The number of rotatable bonds is 4. The van der Waals surface area contributed by atoms with E-state index in [9.17, 15) is 9.90 Å². The minimum atomic E-state index is -0.878. The molecule has 18 heavy (non-hydrogen) atoms. The topological polar surface area (TPSA) is 60.8 Å². The lowest BCUT2D eigenvalue weighted by atomic mass is 10.0. The van der Waals surface area contributed by atoms with Crippen molar-refractivity contribution in [1.82, 2.24) is 4.90 Å². The van der Waals surface area contributed by atoms with E-state index in [1.165, 1.54) is 0 Å². The van der Waals surface area contributed by atoms with Gasteiger partial charge in [0.15, 0.2) is 0 Å². The summed E-state index contributed by atoms with van der Waals surface area (Å²) in [4.78, 5) is 12.3. The van der Waals surface area contributed by atoms with Crippen molar-refractivity contribution in [3.05, 3.63) is 42.0 Å². The number of nitrogens with zero attached hydrogens (tertiary/aromatic N) is 1. The van der Waals surface area contributed by atoms with Crippen molar-refractivity contribution < 1.29 is 15.0 Å². The average molecular weight is 245 g/mol. The molecule has 94 valence electrons. The predicted molar refractivity (Wildman–Crippen MR) is 69.6 cm³/mol. The Morgan fingerprint density at radius 2 is 1.94 bits per heavy atom. The zero-order chi connectivity index (χ0) is 13.1. The highest BCUT2D eigenvalue weighted by atomic mass is 16.4. The Hall–Kier alpha value is -2.07. The molecule has 0 unspecified atom stereocenters. The molecule has 0 bridgehead atoms. The van der Waals surface area contributed by atoms with Crippen LogP contribution in [-0.2, 0) is 11.3 Å². The maximum Gasteiger partial charge on any atom is 0.317 e. The van der Waals surface area contributed by atoms with E-state index >= 15 is 0 Å². The predicted octanol–water partition coefficient (Wildman–Crippen LogP) is 2.06. The van der Waals surface area contributed by atoms with Crippen LogP contribution in [0.4, 0.5) is 0 Å². The molecule has 0 atom stereocenters. The first kappa shape index (κ1) is 12.4. The zero-order valence-electron chi connectivity index (χ0n) is 10.1. The van der Waals surface area contributed by atoms with Gasteiger partial charge in [-0.15, -0.1) is 0 Å². The molecule has 0 heterocycles. The lowest BCUT2D eigenvalue weighted by molar-refractivity contribution is -0.138. The van der Waals surface area contributed by atoms with E-state index in [-0.39, 0.29) is 12.3 Å². The van der Waals surface area contributed by atoms with Crippen molar-refractivity contribution in [3.63, 3.8) is 0 Å². The Kier molecular flexibility index (Phi) is 3.48. The van der Waals surface area contributed by atoms with Crippen molar-refractivity contribution in [2.24, 2.45) is 0 Å². The molecule has 4 heteroatoms. The van der Waals surface area contributed by atoms with Crippen molar-refractivity contribution in [1.29, 1.82) is 0 Å². The van der Waals surface area contributed by atoms with Gasteiger partial charge in [-0.1, -0.05) is 30.3 Å². The Morgan fingerprint density at radius 3 is 2.67 bits per heavy atom. The molecule has 0 amide bonds. The van der Waals surface area contributed by atoms with Gasteiger partial charge in [0.05, 0.1) is 6.54 Å². The van der Waals surface area contributed by atoms with Gasteiger partial charge in [-0.2, -0.15) is 0 Å². The first-order valence-electron chi connectivity index (χ1n) is 5.68. The minimum Gasteiger partial charge on any atom is -0.508 e. The molecule has 0 fully saturated rings. The fraction of sp³-hybridized carbons (Fsp3) is 0.214. The van der Waals surface area contributed by atoms with Crippen LogP contribution in [-0.4, -0.2) is 34.7 Å². The van der Waals surface area contributed by atoms with E-state index in [1.54, 1.807) is 18.0 Å². The molecule has 0 radical (unpaired) electrons. The van der Waals surface area contributed by atoms with Gasteiger partial charge in [-0.25, -0.2) is 0 Å². The summed E-state index contributed by atoms with van der Waals surface area (Å²) < 4.78 is 0. The van der Waals surface area contributed by atoms with Crippen molar-refractivity contribution in [2.45, 2.75) is 6.54 Å². The Labute approximate surface area is 105 Å². The van der Waals surface area contributed by atoms with Crippen molar-refractivity contribution in [3.8, 4) is 5.75 Å². The van der Waals surface area contributed by atoms with Gasteiger partial charge in [0.25, 0.3) is 0 Å². The van der Waals surface area contributed by atoms with Gasteiger partial charge in [0.1, 0.15) is 5.75 Å². The third kappa shape index (κ3) is 2.60. The number of carboxylic acids is 1. The molecule has 0 aliphatic carbocycles. The maximum atomic E-state index is 10.6. The van der Waals surface area contributed by atoms with E-state index < -0.39 is 5.97 Å². The second-order valence-electron chi connectivity index (χ2n) is 4.35. The Balaban J connectivity index is 2.37. The number of hydrogen-bond donors (Lipinski definition) is 2. The number of phenols is 1. The van der Waals surface area contributed by atoms with Crippen LogP contribution in [0.25, 0.3) is 10.8 Å². The van der Waals surface area contributed by atoms with Gasteiger partial charge in [0, 0.05) is 12.1 Å². The molecule has 0 saturated carbocycles. The highest BCUT2D eigenvalue weighted by Gasteiger charge is 2.11. The number of carbonyl (C=O) groups is 1. The van der Waals surface area contributed by atoms with E-state index in [4.69, 9.17) is 5.11 Å². The molecule has 4 nitrogen and oxygen atoms in total. The monoisotopic (exact) mass is 245 g/mol. The van der Waals surface area contributed by atoms with E-state index in [0.717, 1.165) is 16.3 Å². The van der Waals surface area contributed by atoms with Gasteiger partial charge in [-0.3, -0.25) is 9.69 Å². The van der Waals surface area contributed by atoms with Crippen molar-refractivity contribution in [2.75, 3.05) is 13.6 Å². The number of phenolic OH excluding ortho intramolecular Hbond substituents is 1. The first-order valence-corrected chi connectivity index (χ1v) is 5.68. The van der Waals surface area contributed by atoms with Gasteiger partial charge < -0.3 is 10.2 Å². The number of fused-ring (bicyclic) bond motifs is 1. The zero-order valence-corrected chi connectivity index (χ0v) is 10.1. The second-order valence-corrected chi connectivity index (χ2v) is 4.35. The molecule has 0 aromatic heterocycles. The van der Waals surface area contributed by atoms with E-state index in [0.29, 0.717) is 6.54 Å². The second kappa shape index (κ2) is 5.06. The summed E-state index contributed by atoms with van der Waals surface area (Å²) in [6.45, 7) is 0.349. The van der Waals surface area contributed by atoms with E-state index in [2.05, 4.69) is 0 Å². The lowest BCUT2D eigenvalue weighted by Gasteiger charge is -2.16. The molecule has 0 aliphatic heterocycles. The number of aromatic hydroxyl groups is 1. The van der Waals surface area contributed by atoms with Crippen LogP contribution in [0.15, 0.2) is 36.4 Å². The van der Waals surface area contributed by atoms with Crippen molar-refractivity contribution >= 4 is 16.7 Å². The molecular weight excluding hydrogens is 230 g/mol. The number of hydrogen-bond acceptors (Lipinski definition) is 3. The van der Waals surface area contributed by atoms with Crippen LogP contribution in [0, 0.1) is 0 Å². The largest absolute Gasteiger partial charge is 0.508 e. The molecule has 2 aromatic rings. The van der Waals surface area contributed by atoms with E-state index in [1.807, 2.05) is 30.3 Å². The summed E-state index contributed by atoms with van der Waals surface area (Å²) in [5, 5.41) is 20.6. The van der Waals surface area contributed by atoms with Crippen LogP contribution in [0.2, 0.25) is 0 Å². The standard InChI is InChI=1S/C14H15NO3/c1-15(9-14(17)18)8-12-11-5-3-2-4-10(11)6-7-13(12)16/h2-7,16H,8-9H2,1H3,(H,17,18). The smallest absolute Gasteiger partial charge is 0.317 e. The summed E-state index contributed by atoms with van der Waals surface area (Å²) in [5.74, 6) is -0.678. The molecule has 2 aromatic carbocycles. The molecule has 0 saturated heterocycles. The summed E-state index contributed by atoms with van der Waals surface area (Å²) >= 11 is 0. The molecular formula is C14H15NO3. The normalized spacial score (nSPS) is 11.0. The summed E-state index contributed by atoms with van der Waals surface area (Å²) in [5.41, 5.74) is 0.761. The highest BCUT2D eigenvalue weighted by Crippen LogP contribution is 2.27. The maximum absolute atomic E-state index is 10.6. The SMILES string of the molecule is CN(CC(=O)O)Cc1c(O)ccc2ccccc12. The first-order chi connectivity index (χ1) is 8.58. The van der Waals surface area contributed by atoms with Crippen LogP contribution in [0.5, 0.6) is 5.75 Å². The Morgan fingerprint density at radius 1 is 1.22 bits per heavy atom. The van der Waals surface area contributed by atoms with Gasteiger partial charge in [0.2, 0.25) is 0 Å². The number of aliphatic carboxylic acids is 1. The molecule has 0 spiro atoms. The highest BCUT2D eigenvalue weighted by molar-refractivity contribution is 5.87. The lowest BCUT2D eigenvalue weighted by Crippen LogP contribution is -2.25. The summed E-state index contributed by atoms with van der Waals surface area (Å²) in [7, 11) is 1.72. The fourth-order valence-electron chi connectivity index (χ4n) is 2.05. The number of carboxylic acid groups (broad SMARTS) is 1. The fourth-order valence-corrected chi connectivity index (χ4v) is 2.05.